The van der Waals surface area contributed by atoms with Crippen LogP contribution in [0.15, 0.2) is 16.3 Å². The molecule has 1 N–H and O–H groups in total. The minimum Gasteiger partial charge on any atom is -0.347 e. The Kier molecular flexibility index (Phi) is 5.26. The highest BCUT2D eigenvalue weighted by atomic mass is 32.2. The maximum absolute atomic E-state index is 12.3. The van der Waals surface area contributed by atoms with Crippen LogP contribution in [-0.2, 0) is 30.7 Å². The summed E-state index contributed by atoms with van der Waals surface area (Å²) in [6.07, 6.45) is 2.03. The Morgan fingerprint density at radius 1 is 1.29 bits per heavy atom. The van der Waals surface area contributed by atoms with E-state index in [2.05, 4.69) is 4.72 Å². The Labute approximate surface area is 146 Å². The van der Waals surface area contributed by atoms with E-state index < -0.39 is 15.8 Å². The van der Waals surface area contributed by atoms with Gasteiger partial charge in [-0.2, -0.15) is 0 Å². The van der Waals surface area contributed by atoms with Gasteiger partial charge in [-0.1, -0.05) is 6.92 Å². The summed E-state index contributed by atoms with van der Waals surface area (Å²) in [5, 5.41) is 0. The predicted molar refractivity (Wildman–Crippen MR) is 89.3 cm³/mol. The van der Waals surface area contributed by atoms with E-state index in [-0.39, 0.29) is 16.7 Å². The third-order valence-corrected chi connectivity index (χ3v) is 7.48. The zero-order valence-electron chi connectivity index (χ0n) is 13.6. The number of thiophene rings is 1. The highest BCUT2D eigenvalue weighted by Gasteiger charge is 2.40. The molecular formula is C15H22N2O5S2. The lowest BCUT2D eigenvalue weighted by atomic mass is 10.0. The second-order valence-corrected chi connectivity index (χ2v) is 9.05. The van der Waals surface area contributed by atoms with Gasteiger partial charge in [0.15, 0.2) is 5.79 Å². The molecule has 1 spiro atoms. The number of rotatable bonds is 5. The molecule has 0 aliphatic carbocycles. The van der Waals surface area contributed by atoms with Crippen molar-refractivity contribution in [3.8, 4) is 0 Å². The van der Waals surface area contributed by atoms with Crippen LogP contribution in [-0.4, -0.2) is 57.9 Å². The number of nitrogens with zero attached hydrogens (tertiary/aromatic N) is 1. The number of ether oxygens (including phenoxy) is 2. The predicted octanol–water partition coefficient (Wildman–Crippen LogP) is 0.954. The van der Waals surface area contributed by atoms with E-state index in [1.807, 2.05) is 6.92 Å². The quantitative estimate of drug-likeness (QED) is 0.830. The van der Waals surface area contributed by atoms with E-state index in [0.29, 0.717) is 39.1 Å². The number of carbonyl (C=O) groups is 1. The monoisotopic (exact) mass is 374 g/mol. The molecule has 0 aromatic carbocycles. The molecule has 0 radical (unpaired) electrons. The summed E-state index contributed by atoms with van der Waals surface area (Å²) in [5.74, 6) is -0.761. The lowest BCUT2D eigenvalue weighted by Crippen LogP contribution is -2.49. The van der Waals surface area contributed by atoms with Crippen molar-refractivity contribution in [1.82, 2.24) is 9.62 Å². The molecule has 0 bridgehead atoms. The first-order valence-electron chi connectivity index (χ1n) is 8.08. The van der Waals surface area contributed by atoms with Crippen molar-refractivity contribution in [3.63, 3.8) is 0 Å². The van der Waals surface area contributed by atoms with Crippen LogP contribution in [0.2, 0.25) is 0 Å². The molecule has 1 amide bonds. The third kappa shape index (κ3) is 3.80. The van der Waals surface area contributed by atoms with Gasteiger partial charge in [-0.15, -0.1) is 11.3 Å². The Balaban J connectivity index is 1.52. The van der Waals surface area contributed by atoms with Crippen LogP contribution in [0.3, 0.4) is 0 Å². The van der Waals surface area contributed by atoms with Gasteiger partial charge < -0.3 is 14.4 Å². The molecule has 7 nitrogen and oxygen atoms in total. The highest BCUT2D eigenvalue weighted by Crippen LogP contribution is 2.31. The Morgan fingerprint density at radius 2 is 1.96 bits per heavy atom. The number of aryl methyl sites for hydroxylation is 1. The zero-order chi connectivity index (χ0) is 17.2. The van der Waals surface area contributed by atoms with Gasteiger partial charge in [0.05, 0.1) is 19.8 Å². The molecule has 2 aliphatic rings. The van der Waals surface area contributed by atoms with Gasteiger partial charge in [-0.3, -0.25) is 4.79 Å². The number of nitrogens with one attached hydrogen (secondary N) is 1. The first-order chi connectivity index (χ1) is 11.4. The van der Waals surface area contributed by atoms with Crippen LogP contribution >= 0.6 is 11.3 Å². The summed E-state index contributed by atoms with van der Waals surface area (Å²) in [5.41, 5.74) is 0. The number of piperidine rings is 1. The lowest BCUT2D eigenvalue weighted by Gasteiger charge is -2.37. The van der Waals surface area contributed by atoms with Crippen LogP contribution in [0.5, 0.6) is 0 Å². The van der Waals surface area contributed by atoms with Gasteiger partial charge in [0.2, 0.25) is 5.91 Å². The zero-order valence-corrected chi connectivity index (χ0v) is 15.2. The van der Waals surface area contributed by atoms with Crippen LogP contribution in [0, 0.1) is 0 Å². The van der Waals surface area contributed by atoms with Crippen molar-refractivity contribution in [2.24, 2.45) is 0 Å². The highest BCUT2D eigenvalue weighted by molar-refractivity contribution is 7.91. The van der Waals surface area contributed by atoms with E-state index in [0.717, 1.165) is 11.3 Å². The molecule has 2 fully saturated rings. The van der Waals surface area contributed by atoms with Crippen molar-refractivity contribution >= 4 is 27.3 Å². The van der Waals surface area contributed by atoms with Gasteiger partial charge in [-0.25, -0.2) is 13.1 Å². The summed E-state index contributed by atoms with van der Waals surface area (Å²) in [7, 11) is -3.63. The lowest BCUT2D eigenvalue weighted by molar-refractivity contribution is -0.187. The number of hydrogen-bond donors (Lipinski definition) is 1. The molecule has 24 heavy (non-hydrogen) atoms. The normalized spacial score (nSPS) is 20.6. The van der Waals surface area contributed by atoms with Gasteiger partial charge >= 0.3 is 0 Å². The number of amides is 1. The molecule has 3 heterocycles. The fraction of sp³-hybridized carbons (Fsp3) is 0.667. The molecule has 0 saturated carbocycles. The summed E-state index contributed by atoms with van der Waals surface area (Å²) in [4.78, 5) is 14.9. The fourth-order valence-electron chi connectivity index (χ4n) is 2.91. The van der Waals surface area contributed by atoms with E-state index in [9.17, 15) is 13.2 Å². The van der Waals surface area contributed by atoms with Gasteiger partial charge in [0.25, 0.3) is 10.0 Å². The average molecular weight is 374 g/mol. The van der Waals surface area contributed by atoms with Gasteiger partial charge in [-0.05, 0) is 18.6 Å². The second kappa shape index (κ2) is 7.09. The maximum Gasteiger partial charge on any atom is 0.250 e. The first kappa shape index (κ1) is 17.8. The minimum atomic E-state index is -3.63. The Hall–Kier alpha value is -1.00. The summed E-state index contributed by atoms with van der Waals surface area (Å²) < 4.78 is 38.4. The Bertz CT molecular complexity index is 684. The molecule has 3 rings (SSSR count). The number of sulfonamides is 1. The smallest absolute Gasteiger partial charge is 0.250 e. The summed E-state index contributed by atoms with van der Waals surface area (Å²) >= 11 is 1.23. The minimum absolute atomic E-state index is 0.223. The third-order valence-electron chi connectivity index (χ3n) is 4.36. The van der Waals surface area contributed by atoms with Crippen LogP contribution in [0.25, 0.3) is 0 Å². The molecule has 1 aromatic rings. The summed E-state index contributed by atoms with van der Waals surface area (Å²) in [6.45, 7) is 3.96. The van der Waals surface area contributed by atoms with Gasteiger partial charge in [0, 0.05) is 30.8 Å². The van der Waals surface area contributed by atoms with E-state index in [4.69, 9.17) is 9.47 Å². The molecule has 2 aliphatic heterocycles. The SMILES string of the molecule is CCc1ccc(S(=O)(=O)NCC(=O)N2CCC3(CC2)OCCO3)s1. The molecule has 1 aromatic heterocycles. The van der Waals surface area contributed by atoms with Crippen molar-refractivity contribution in [2.45, 2.75) is 36.2 Å². The topological polar surface area (TPSA) is 84.9 Å². The van der Waals surface area contributed by atoms with Gasteiger partial charge in [0.1, 0.15) is 4.21 Å². The molecule has 134 valence electrons. The number of carbonyl (C=O) groups excluding carboxylic acids is 1. The average Bonchev–Trinajstić information content (AvgIpc) is 3.23. The summed E-state index contributed by atoms with van der Waals surface area (Å²) in [6, 6.07) is 3.38. The second-order valence-electron chi connectivity index (χ2n) is 5.89. The molecular weight excluding hydrogens is 352 g/mol. The van der Waals surface area contributed by atoms with E-state index >= 15 is 0 Å². The van der Waals surface area contributed by atoms with Crippen LogP contribution < -0.4 is 4.72 Å². The van der Waals surface area contributed by atoms with Crippen LogP contribution in [0.1, 0.15) is 24.6 Å². The molecule has 0 atom stereocenters. The Morgan fingerprint density at radius 3 is 2.54 bits per heavy atom. The van der Waals surface area contributed by atoms with Crippen molar-refractivity contribution in [3.05, 3.63) is 17.0 Å². The first-order valence-corrected chi connectivity index (χ1v) is 10.4. The fourth-order valence-corrected chi connectivity index (χ4v) is 5.23. The largest absolute Gasteiger partial charge is 0.347 e. The standard InChI is InChI=1S/C15H22N2O5S2/c1-2-12-3-4-14(23-12)24(19,20)16-11-13(18)17-7-5-15(6-8-17)21-9-10-22-15/h3-4,16H,2,5-11H2,1H3. The van der Waals surface area contributed by atoms with Crippen molar-refractivity contribution in [2.75, 3.05) is 32.8 Å². The maximum atomic E-state index is 12.3. The van der Waals surface area contributed by atoms with Crippen LogP contribution in [0.4, 0.5) is 0 Å². The number of likely N-dealkylation sites (tertiary alicyclic amines) is 1. The van der Waals surface area contributed by atoms with Crippen molar-refractivity contribution in [1.29, 1.82) is 0 Å². The molecule has 2 saturated heterocycles. The number of hydrogen-bond acceptors (Lipinski definition) is 6. The molecule has 0 unspecified atom stereocenters. The van der Waals surface area contributed by atoms with E-state index in [1.165, 1.54) is 11.3 Å². The molecule has 9 heteroatoms. The van der Waals surface area contributed by atoms with E-state index in [1.54, 1.807) is 17.0 Å². The van der Waals surface area contributed by atoms with Crippen molar-refractivity contribution < 1.29 is 22.7 Å².